The van der Waals surface area contributed by atoms with E-state index in [-0.39, 0.29) is 18.4 Å². The van der Waals surface area contributed by atoms with Crippen LogP contribution in [0.3, 0.4) is 0 Å². The molecule has 2 aliphatic heterocycles. The van der Waals surface area contributed by atoms with Crippen LogP contribution in [0.2, 0.25) is 0 Å². The summed E-state index contributed by atoms with van der Waals surface area (Å²) in [5.41, 5.74) is 0.421. The van der Waals surface area contributed by atoms with Gasteiger partial charge in [0.05, 0.1) is 33.0 Å². The maximum absolute atomic E-state index is 12.4. The predicted octanol–water partition coefficient (Wildman–Crippen LogP) is 1.58. The number of nitrogens with one attached hydrogen (secondary N) is 1. The summed E-state index contributed by atoms with van der Waals surface area (Å²) in [6.07, 6.45) is 1.31. The van der Waals surface area contributed by atoms with E-state index in [1.54, 1.807) is 23.1 Å². The molecule has 2 fully saturated rings. The van der Waals surface area contributed by atoms with Crippen molar-refractivity contribution in [1.82, 2.24) is 10.2 Å². The molecule has 8 heteroatoms. The third kappa shape index (κ3) is 4.74. The van der Waals surface area contributed by atoms with Crippen molar-refractivity contribution in [3.63, 3.8) is 0 Å². The van der Waals surface area contributed by atoms with Gasteiger partial charge in [0.1, 0.15) is 0 Å². The molecular formula is C20H28N2O6. The van der Waals surface area contributed by atoms with Crippen LogP contribution >= 0.6 is 0 Å². The molecule has 1 aromatic rings. The predicted molar refractivity (Wildman–Crippen MR) is 102 cm³/mol. The topological polar surface area (TPSA) is 86.3 Å². The summed E-state index contributed by atoms with van der Waals surface area (Å²) in [5.74, 6) is 0.153. The van der Waals surface area contributed by atoms with Gasteiger partial charge in [0.15, 0.2) is 17.3 Å². The van der Waals surface area contributed by atoms with Crippen molar-refractivity contribution in [3.8, 4) is 11.5 Å². The lowest BCUT2D eigenvalue weighted by Crippen LogP contribution is -2.49. The first-order valence-corrected chi connectivity index (χ1v) is 9.80. The first-order valence-electron chi connectivity index (χ1n) is 9.80. The minimum Gasteiger partial charge on any atom is -0.490 e. The van der Waals surface area contributed by atoms with Crippen LogP contribution in [-0.2, 0) is 14.3 Å². The van der Waals surface area contributed by atoms with Gasteiger partial charge in [0, 0.05) is 31.5 Å². The van der Waals surface area contributed by atoms with Gasteiger partial charge in [-0.25, -0.2) is 0 Å². The van der Waals surface area contributed by atoms with E-state index in [1.165, 1.54) is 0 Å². The molecule has 0 saturated carbocycles. The van der Waals surface area contributed by atoms with Crippen LogP contribution in [0.15, 0.2) is 18.2 Å². The number of amides is 2. The Hall–Kier alpha value is -2.32. The normalized spacial score (nSPS) is 18.1. The molecule has 154 valence electrons. The molecule has 1 aromatic carbocycles. The molecule has 0 aromatic heterocycles. The number of piperidine rings is 1. The number of ether oxygens (including phenoxy) is 4. The van der Waals surface area contributed by atoms with E-state index in [0.717, 1.165) is 0 Å². The fraction of sp³-hybridized carbons (Fsp3) is 0.600. The minimum atomic E-state index is -0.516. The molecule has 2 amide bonds. The fourth-order valence-corrected chi connectivity index (χ4v) is 3.44. The van der Waals surface area contributed by atoms with Gasteiger partial charge in [-0.05, 0) is 32.0 Å². The standard InChI is InChI=1S/C20H28N2O6/c1-3-25-16-6-5-15(13-17(16)26-4-2)19(24)21-14-18(23)22-9-7-20(8-10-22)27-11-12-28-20/h5-6,13H,3-4,7-12,14H2,1-2H3,(H,21,24). The molecular weight excluding hydrogens is 364 g/mol. The van der Waals surface area contributed by atoms with Gasteiger partial charge in [-0.15, -0.1) is 0 Å². The van der Waals surface area contributed by atoms with Crippen molar-refractivity contribution in [1.29, 1.82) is 0 Å². The molecule has 2 saturated heterocycles. The van der Waals surface area contributed by atoms with Crippen LogP contribution in [0.25, 0.3) is 0 Å². The Labute approximate surface area is 165 Å². The van der Waals surface area contributed by atoms with Gasteiger partial charge in [-0.3, -0.25) is 9.59 Å². The van der Waals surface area contributed by atoms with Gasteiger partial charge in [0.25, 0.3) is 5.91 Å². The Morgan fingerprint density at radius 1 is 1.07 bits per heavy atom. The first-order chi connectivity index (χ1) is 13.6. The van der Waals surface area contributed by atoms with E-state index in [0.29, 0.717) is 69.4 Å². The summed E-state index contributed by atoms with van der Waals surface area (Å²) >= 11 is 0. The van der Waals surface area contributed by atoms with Gasteiger partial charge in [-0.2, -0.15) is 0 Å². The molecule has 1 spiro atoms. The highest BCUT2D eigenvalue weighted by molar-refractivity contribution is 5.97. The van der Waals surface area contributed by atoms with Crippen molar-refractivity contribution in [2.45, 2.75) is 32.5 Å². The Morgan fingerprint density at radius 2 is 1.71 bits per heavy atom. The highest BCUT2D eigenvalue weighted by Gasteiger charge is 2.40. The monoisotopic (exact) mass is 392 g/mol. The third-order valence-corrected chi connectivity index (χ3v) is 4.90. The lowest BCUT2D eigenvalue weighted by atomic mass is 10.0. The number of hydrogen-bond acceptors (Lipinski definition) is 6. The Bertz CT molecular complexity index is 692. The van der Waals surface area contributed by atoms with Crippen LogP contribution in [0.4, 0.5) is 0 Å². The lowest BCUT2D eigenvalue weighted by Gasteiger charge is -2.37. The summed E-state index contributed by atoms with van der Waals surface area (Å²) in [5, 5.41) is 2.69. The van der Waals surface area contributed by atoms with E-state index in [2.05, 4.69) is 5.32 Å². The quantitative estimate of drug-likeness (QED) is 0.758. The van der Waals surface area contributed by atoms with Crippen LogP contribution in [0, 0.1) is 0 Å². The zero-order valence-electron chi connectivity index (χ0n) is 16.5. The Morgan fingerprint density at radius 3 is 2.36 bits per heavy atom. The van der Waals surface area contributed by atoms with Crippen molar-refractivity contribution < 1.29 is 28.5 Å². The van der Waals surface area contributed by atoms with E-state index >= 15 is 0 Å². The average Bonchev–Trinajstić information content (AvgIpc) is 3.16. The summed E-state index contributed by atoms with van der Waals surface area (Å²) < 4.78 is 22.4. The maximum atomic E-state index is 12.4. The van der Waals surface area contributed by atoms with Crippen molar-refractivity contribution in [2.24, 2.45) is 0 Å². The lowest BCUT2D eigenvalue weighted by molar-refractivity contribution is -0.187. The number of likely N-dealkylation sites (tertiary alicyclic amines) is 1. The van der Waals surface area contributed by atoms with Crippen molar-refractivity contribution in [2.75, 3.05) is 46.1 Å². The van der Waals surface area contributed by atoms with E-state index in [1.807, 2.05) is 13.8 Å². The van der Waals surface area contributed by atoms with Crippen LogP contribution in [0.1, 0.15) is 37.0 Å². The molecule has 2 heterocycles. The zero-order chi connectivity index (χ0) is 20.0. The summed E-state index contributed by atoms with van der Waals surface area (Å²) in [6, 6.07) is 5.00. The van der Waals surface area contributed by atoms with E-state index in [9.17, 15) is 9.59 Å². The second-order valence-corrected chi connectivity index (χ2v) is 6.70. The molecule has 28 heavy (non-hydrogen) atoms. The fourth-order valence-electron chi connectivity index (χ4n) is 3.44. The summed E-state index contributed by atoms with van der Waals surface area (Å²) in [4.78, 5) is 26.6. The van der Waals surface area contributed by atoms with E-state index in [4.69, 9.17) is 18.9 Å². The number of carbonyl (C=O) groups is 2. The number of benzene rings is 1. The number of rotatable bonds is 7. The minimum absolute atomic E-state index is 0.0509. The summed E-state index contributed by atoms with van der Waals surface area (Å²) in [6.45, 7) is 7.01. The molecule has 0 bridgehead atoms. The molecule has 3 rings (SSSR count). The largest absolute Gasteiger partial charge is 0.490 e. The third-order valence-electron chi connectivity index (χ3n) is 4.90. The number of nitrogens with zero attached hydrogens (tertiary/aromatic N) is 1. The average molecular weight is 392 g/mol. The van der Waals surface area contributed by atoms with Crippen LogP contribution in [-0.4, -0.2) is 68.6 Å². The molecule has 0 radical (unpaired) electrons. The molecule has 1 N–H and O–H groups in total. The molecule has 8 nitrogen and oxygen atoms in total. The second-order valence-electron chi connectivity index (χ2n) is 6.70. The number of carbonyl (C=O) groups excluding carboxylic acids is 2. The maximum Gasteiger partial charge on any atom is 0.251 e. The highest BCUT2D eigenvalue weighted by atomic mass is 16.7. The zero-order valence-corrected chi connectivity index (χ0v) is 16.5. The summed E-state index contributed by atoms with van der Waals surface area (Å²) in [7, 11) is 0. The Balaban J connectivity index is 1.52. The molecule has 0 atom stereocenters. The van der Waals surface area contributed by atoms with Crippen molar-refractivity contribution >= 4 is 11.8 Å². The van der Waals surface area contributed by atoms with E-state index < -0.39 is 5.79 Å². The number of hydrogen-bond donors (Lipinski definition) is 1. The SMILES string of the molecule is CCOc1ccc(C(=O)NCC(=O)N2CCC3(CC2)OCCO3)cc1OCC. The van der Waals surface area contributed by atoms with Gasteiger partial charge in [0.2, 0.25) is 5.91 Å². The highest BCUT2D eigenvalue weighted by Crippen LogP contribution is 2.31. The van der Waals surface area contributed by atoms with Crippen LogP contribution < -0.4 is 14.8 Å². The smallest absolute Gasteiger partial charge is 0.251 e. The molecule has 2 aliphatic rings. The van der Waals surface area contributed by atoms with Gasteiger partial charge < -0.3 is 29.2 Å². The first kappa shape index (κ1) is 20.4. The van der Waals surface area contributed by atoms with Gasteiger partial charge in [-0.1, -0.05) is 0 Å². The Kier molecular flexibility index (Phi) is 6.74. The van der Waals surface area contributed by atoms with Crippen molar-refractivity contribution in [3.05, 3.63) is 23.8 Å². The second kappa shape index (κ2) is 9.25. The van der Waals surface area contributed by atoms with Gasteiger partial charge >= 0.3 is 0 Å². The molecule has 0 unspecified atom stereocenters. The molecule has 0 aliphatic carbocycles. The van der Waals surface area contributed by atoms with Crippen LogP contribution in [0.5, 0.6) is 11.5 Å².